The van der Waals surface area contributed by atoms with Gasteiger partial charge in [-0.15, -0.1) is 0 Å². The Balaban J connectivity index is 3.50. The van der Waals surface area contributed by atoms with Crippen LogP contribution in [-0.4, -0.2) is 48.8 Å². The first-order valence-corrected chi connectivity index (χ1v) is 4.60. The Morgan fingerprint density at radius 3 is 2.62 bits per heavy atom. The van der Waals surface area contributed by atoms with Crippen molar-refractivity contribution in [1.82, 2.24) is 4.90 Å². The van der Waals surface area contributed by atoms with Gasteiger partial charge in [-0.1, -0.05) is 6.92 Å². The molecule has 0 saturated heterocycles. The van der Waals surface area contributed by atoms with Crippen LogP contribution in [0.2, 0.25) is 0 Å². The Labute approximate surface area is 79.5 Å². The summed E-state index contributed by atoms with van der Waals surface area (Å²) in [5, 5.41) is 8.67. The van der Waals surface area contributed by atoms with Gasteiger partial charge in [-0.2, -0.15) is 0 Å². The maximum atomic E-state index is 10.5. The molecule has 0 amide bonds. The summed E-state index contributed by atoms with van der Waals surface area (Å²) < 4.78 is 5.25. The van der Waals surface area contributed by atoms with Crippen LogP contribution in [0.1, 0.15) is 20.3 Å². The monoisotopic (exact) mass is 189 g/mol. The average molecular weight is 189 g/mol. The van der Waals surface area contributed by atoms with Crippen molar-refractivity contribution in [3.63, 3.8) is 0 Å². The Kier molecular flexibility index (Phi) is 6.54. The highest BCUT2D eigenvalue weighted by atomic mass is 16.5. The van der Waals surface area contributed by atoms with Crippen LogP contribution in [0, 0.1) is 0 Å². The second-order valence-electron chi connectivity index (χ2n) is 3.11. The van der Waals surface area contributed by atoms with E-state index >= 15 is 0 Å². The Morgan fingerprint density at radius 1 is 1.54 bits per heavy atom. The van der Waals surface area contributed by atoms with E-state index in [4.69, 9.17) is 9.84 Å². The van der Waals surface area contributed by atoms with Crippen LogP contribution >= 0.6 is 0 Å². The van der Waals surface area contributed by atoms with Crippen LogP contribution in [0.5, 0.6) is 0 Å². The first kappa shape index (κ1) is 12.4. The number of nitrogens with zero attached hydrogens (tertiary/aromatic N) is 1. The summed E-state index contributed by atoms with van der Waals surface area (Å²) in [5.41, 5.74) is 0. The summed E-state index contributed by atoms with van der Waals surface area (Å²) in [6, 6.07) is -0.440. The third-order valence-electron chi connectivity index (χ3n) is 1.96. The fourth-order valence-corrected chi connectivity index (χ4v) is 0.837. The molecule has 4 nitrogen and oxygen atoms in total. The molecule has 1 N–H and O–H groups in total. The molecule has 0 fully saturated rings. The lowest BCUT2D eigenvalue weighted by atomic mass is 10.3. The van der Waals surface area contributed by atoms with Gasteiger partial charge in [-0.05, 0) is 20.4 Å². The van der Waals surface area contributed by atoms with Crippen LogP contribution in [0.25, 0.3) is 0 Å². The smallest absolute Gasteiger partial charge is 0.320 e. The van der Waals surface area contributed by atoms with E-state index in [9.17, 15) is 4.79 Å². The number of carboxylic acids is 1. The quantitative estimate of drug-likeness (QED) is 0.602. The van der Waals surface area contributed by atoms with Gasteiger partial charge in [0.25, 0.3) is 0 Å². The first-order valence-electron chi connectivity index (χ1n) is 4.60. The summed E-state index contributed by atoms with van der Waals surface area (Å²) in [5.74, 6) is -0.794. The van der Waals surface area contributed by atoms with Gasteiger partial charge in [0.05, 0.1) is 6.61 Å². The minimum Gasteiger partial charge on any atom is -0.480 e. The molecule has 0 aromatic carbocycles. The molecule has 0 saturated carbocycles. The van der Waals surface area contributed by atoms with E-state index in [1.807, 2.05) is 6.92 Å². The van der Waals surface area contributed by atoms with Crippen molar-refractivity contribution < 1.29 is 14.6 Å². The molecule has 78 valence electrons. The molecule has 4 heteroatoms. The van der Waals surface area contributed by atoms with Crippen LogP contribution in [-0.2, 0) is 9.53 Å². The molecule has 0 aromatic heterocycles. The van der Waals surface area contributed by atoms with Crippen molar-refractivity contribution >= 4 is 5.97 Å². The molecule has 0 spiro atoms. The fraction of sp³-hybridized carbons (Fsp3) is 0.889. The van der Waals surface area contributed by atoms with Gasteiger partial charge in [0.1, 0.15) is 6.04 Å². The number of carbonyl (C=O) groups is 1. The molecular formula is C9H19NO3. The third kappa shape index (κ3) is 5.60. The van der Waals surface area contributed by atoms with Gasteiger partial charge in [0.15, 0.2) is 0 Å². The first-order chi connectivity index (χ1) is 6.09. The number of hydrogen-bond donors (Lipinski definition) is 1. The summed E-state index contributed by atoms with van der Waals surface area (Å²) in [7, 11) is 1.79. The van der Waals surface area contributed by atoms with Crippen molar-refractivity contribution in [2.45, 2.75) is 26.3 Å². The molecule has 0 rings (SSSR count). The highest BCUT2D eigenvalue weighted by molar-refractivity contribution is 5.72. The Morgan fingerprint density at radius 2 is 2.15 bits per heavy atom. The largest absolute Gasteiger partial charge is 0.480 e. The number of carboxylic acid groups (broad SMARTS) is 1. The molecule has 0 aliphatic rings. The number of ether oxygens (including phenoxy) is 1. The predicted octanol–water partition coefficient (Wildman–Crippen LogP) is 0.818. The van der Waals surface area contributed by atoms with Crippen molar-refractivity contribution in [3.8, 4) is 0 Å². The SMILES string of the molecule is CCCOCCN(C)C(C)C(=O)O. The Bertz CT molecular complexity index is 150. The fourth-order valence-electron chi connectivity index (χ4n) is 0.837. The van der Waals surface area contributed by atoms with E-state index in [1.165, 1.54) is 0 Å². The van der Waals surface area contributed by atoms with E-state index in [0.717, 1.165) is 13.0 Å². The molecule has 0 aliphatic carbocycles. The van der Waals surface area contributed by atoms with Crippen LogP contribution in [0.4, 0.5) is 0 Å². The lowest BCUT2D eigenvalue weighted by molar-refractivity contribution is -0.142. The number of aliphatic carboxylic acids is 1. The van der Waals surface area contributed by atoms with E-state index < -0.39 is 12.0 Å². The van der Waals surface area contributed by atoms with Gasteiger partial charge >= 0.3 is 5.97 Å². The second-order valence-corrected chi connectivity index (χ2v) is 3.11. The molecule has 0 aromatic rings. The zero-order valence-corrected chi connectivity index (χ0v) is 8.62. The van der Waals surface area contributed by atoms with Crippen LogP contribution in [0.15, 0.2) is 0 Å². The molecule has 0 aliphatic heterocycles. The summed E-state index contributed by atoms with van der Waals surface area (Å²) in [6.45, 7) is 5.72. The predicted molar refractivity (Wildman–Crippen MR) is 50.8 cm³/mol. The zero-order valence-electron chi connectivity index (χ0n) is 8.62. The van der Waals surface area contributed by atoms with E-state index in [-0.39, 0.29) is 0 Å². The number of hydrogen-bond acceptors (Lipinski definition) is 3. The van der Waals surface area contributed by atoms with Gasteiger partial charge in [-0.3, -0.25) is 9.69 Å². The molecule has 13 heavy (non-hydrogen) atoms. The normalized spacial score (nSPS) is 13.2. The van der Waals surface area contributed by atoms with E-state index in [2.05, 4.69) is 0 Å². The highest BCUT2D eigenvalue weighted by Gasteiger charge is 2.15. The lowest BCUT2D eigenvalue weighted by Crippen LogP contribution is -2.37. The molecule has 1 atom stereocenters. The minimum absolute atomic E-state index is 0.440. The van der Waals surface area contributed by atoms with Gasteiger partial charge < -0.3 is 9.84 Å². The maximum absolute atomic E-state index is 10.5. The third-order valence-corrected chi connectivity index (χ3v) is 1.96. The van der Waals surface area contributed by atoms with Gasteiger partial charge in [-0.25, -0.2) is 0 Å². The second kappa shape index (κ2) is 6.86. The van der Waals surface area contributed by atoms with Gasteiger partial charge in [0, 0.05) is 13.2 Å². The van der Waals surface area contributed by atoms with Crippen molar-refractivity contribution in [3.05, 3.63) is 0 Å². The molecule has 0 radical (unpaired) electrons. The molecule has 1 unspecified atom stereocenters. The van der Waals surface area contributed by atoms with Crippen LogP contribution < -0.4 is 0 Å². The number of rotatable bonds is 7. The summed E-state index contributed by atoms with van der Waals surface area (Å²) in [6.07, 6.45) is 0.998. The van der Waals surface area contributed by atoms with Crippen LogP contribution in [0.3, 0.4) is 0 Å². The van der Waals surface area contributed by atoms with Crippen molar-refractivity contribution in [1.29, 1.82) is 0 Å². The molecule has 0 heterocycles. The van der Waals surface area contributed by atoms with Crippen molar-refractivity contribution in [2.75, 3.05) is 26.8 Å². The van der Waals surface area contributed by atoms with E-state index in [1.54, 1.807) is 18.9 Å². The highest BCUT2D eigenvalue weighted by Crippen LogP contribution is 1.94. The van der Waals surface area contributed by atoms with Gasteiger partial charge in [0.2, 0.25) is 0 Å². The average Bonchev–Trinajstić information content (AvgIpc) is 2.10. The summed E-state index contributed by atoms with van der Waals surface area (Å²) in [4.78, 5) is 12.3. The minimum atomic E-state index is -0.794. The van der Waals surface area contributed by atoms with E-state index in [0.29, 0.717) is 13.2 Å². The topological polar surface area (TPSA) is 49.8 Å². The summed E-state index contributed by atoms with van der Waals surface area (Å²) >= 11 is 0. The Hall–Kier alpha value is -0.610. The van der Waals surface area contributed by atoms with Crippen molar-refractivity contribution in [2.24, 2.45) is 0 Å². The maximum Gasteiger partial charge on any atom is 0.320 e. The lowest BCUT2D eigenvalue weighted by Gasteiger charge is -2.20. The zero-order chi connectivity index (χ0) is 10.3. The standard InChI is InChI=1S/C9H19NO3/c1-4-6-13-7-5-10(3)8(2)9(11)12/h8H,4-7H2,1-3H3,(H,11,12). The molecular weight excluding hydrogens is 170 g/mol. The number of likely N-dealkylation sites (N-methyl/N-ethyl adjacent to an activating group) is 1. The molecule has 0 bridgehead atoms.